The van der Waals surface area contributed by atoms with Crippen LogP contribution in [-0.2, 0) is 0 Å². The SMILES string of the molecule is O=[N+]([O-])c1cc(O)ccc1NC1CCOc2ccccc21. The maximum absolute atomic E-state index is 11.1. The van der Waals surface area contributed by atoms with Gasteiger partial charge in [0.05, 0.1) is 23.6 Å². The predicted octanol–water partition coefficient (Wildman–Crippen LogP) is 3.24. The maximum Gasteiger partial charge on any atom is 0.296 e. The second kappa shape index (κ2) is 5.32. The fourth-order valence-electron chi connectivity index (χ4n) is 2.47. The molecule has 21 heavy (non-hydrogen) atoms. The number of rotatable bonds is 3. The van der Waals surface area contributed by atoms with Gasteiger partial charge in [0.2, 0.25) is 0 Å². The van der Waals surface area contributed by atoms with E-state index >= 15 is 0 Å². The normalized spacial score (nSPS) is 16.7. The van der Waals surface area contributed by atoms with E-state index in [1.54, 1.807) is 0 Å². The van der Waals surface area contributed by atoms with E-state index in [1.165, 1.54) is 12.1 Å². The number of fused-ring (bicyclic) bond motifs is 1. The van der Waals surface area contributed by atoms with E-state index in [2.05, 4.69) is 5.32 Å². The molecule has 1 aliphatic heterocycles. The summed E-state index contributed by atoms with van der Waals surface area (Å²) in [6.45, 7) is 0.556. The summed E-state index contributed by atoms with van der Waals surface area (Å²) in [6.07, 6.45) is 0.717. The van der Waals surface area contributed by atoms with Crippen LogP contribution < -0.4 is 10.1 Å². The van der Waals surface area contributed by atoms with Gasteiger partial charge in [0, 0.05) is 12.0 Å². The van der Waals surface area contributed by atoms with Crippen molar-refractivity contribution in [1.29, 1.82) is 0 Å². The van der Waals surface area contributed by atoms with Crippen LogP contribution in [0, 0.1) is 10.1 Å². The predicted molar refractivity (Wildman–Crippen MR) is 77.7 cm³/mol. The summed E-state index contributed by atoms with van der Waals surface area (Å²) in [7, 11) is 0. The topological polar surface area (TPSA) is 84.6 Å². The molecule has 0 spiro atoms. The van der Waals surface area contributed by atoms with Crippen LogP contribution in [0.2, 0.25) is 0 Å². The smallest absolute Gasteiger partial charge is 0.296 e. The van der Waals surface area contributed by atoms with Crippen molar-refractivity contribution in [2.45, 2.75) is 12.5 Å². The van der Waals surface area contributed by atoms with Crippen LogP contribution in [-0.4, -0.2) is 16.6 Å². The molecule has 0 amide bonds. The van der Waals surface area contributed by atoms with Gasteiger partial charge >= 0.3 is 0 Å². The number of ether oxygens (including phenoxy) is 1. The number of phenolic OH excluding ortho intramolecular Hbond substituents is 1. The molecule has 0 saturated heterocycles. The van der Waals surface area contributed by atoms with Gasteiger partial charge < -0.3 is 15.2 Å². The number of hydrogen-bond donors (Lipinski definition) is 2. The van der Waals surface area contributed by atoms with Gasteiger partial charge in [-0.15, -0.1) is 0 Å². The molecule has 0 saturated carbocycles. The monoisotopic (exact) mass is 286 g/mol. The number of hydrogen-bond acceptors (Lipinski definition) is 5. The maximum atomic E-state index is 11.1. The van der Waals surface area contributed by atoms with Crippen molar-refractivity contribution in [3.8, 4) is 11.5 Å². The van der Waals surface area contributed by atoms with E-state index in [0.717, 1.165) is 23.8 Å². The molecule has 6 heteroatoms. The Labute approximate surface area is 121 Å². The third-order valence-electron chi connectivity index (χ3n) is 3.47. The fourth-order valence-corrected chi connectivity index (χ4v) is 2.47. The molecule has 0 radical (unpaired) electrons. The number of nitro benzene ring substituents is 1. The van der Waals surface area contributed by atoms with E-state index in [-0.39, 0.29) is 17.5 Å². The van der Waals surface area contributed by atoms with Crippen molar-refractivity contribution in [1.82, 2.24) is 0 Å². The summed E-state index contributed by atoms with van der Waals surface area (Å²) in [5.74, 6) is 0.669. The van der Waals surface area contributed by atoms with Crippen LogP contribution in [0.25, 0.3) is 0 Å². The standard InChI is InChI=1S/C15H14N2O4/c18-10-5-6-13(14(9-10)17(19)20)16-12-7-8-21-15-4-2-1-3-11(12)15/h1-6,9,12,16,18H,7-8H2. The highest BCUT2D eigenvalue weighted by Gasteiger charge is 2.24. The fraction of sp³-hybridized carbons (Fsp3) is 0.200. The van der Waals surface area contributed by atoms with Crippen molar-refractivity contribution in [2.75, 3.05) is 11.9 Å². The van der Waals surface area contributed by atoms with Crippen LogP contribution in [0.5, 0.6) is 11.5 Å². The highest BCUT2D eigenvalue weighted by Crippen LogP contribution is 2.37. The molecule has 1 heterocycles. The van der Waals surface area contributed by atoms with Crippen LogP contribution >= 0.6 is 0 Å². The van der Waals surface area contributed by atoms with Crippen molar-refractivity contribution in [2.24, 2.45) is 0 Å². The van der Waals surface area contributed by atoms with E-state index in [0.29, 0.717) is 12.3 Å². The Balaban J connectivity index is 1.93. The molecular formula is C15H14N2O4. The quantitative estimate of drug-likeness (QED) is 0.514. The zero-order valence-electron chi connectivity index (χ0n) is 11.2. The van der Waals surface area contributed by atoms with Crippen molar-refractivity contribution >= 4 is 11.4 Å². The summed E-state index contributed by atoms with van der Waals surface area (Å²) in [4.78, 5) is 10.6. The molecule has 1 unspecified atom stereocenters. The van der Waals surface area contributed by atoms with Crippen molar-refractivity contribution < 1.29 is 14.8 Å². The van der Waals surface area contributed by atoms with Crippen LogP contribution in [0.3, 0.4) is 0 Å². The zero-order chi connectivity index (χ0) is 14.8. The van der Waals surface area contributed by atoms with Gasteiger partial charge in [0.25, 0.3) is 5.69 Å². The summed E-state index contributed by atoms with van der Waals surface area (Å²) >= 11 is 0. The molecule has 0 fully saturated rings. The molecule has 0 bridgehead atoms. The third-order valence-corrected chi connectivity index (χ3v) is 3.47. The minimum atomic E-state index is -0.507. The summed E-state index contributed by atoms with van der Waals surface area (Å²) < 4.78 is 5.57. The average molecular weight is 286 g/mol. The molecule has 0 aliphatic carbocycles. The zero-order valence-corrected chi connectivity index (χ0v) is 11.2. The number of anilines is 1. The van der Waals surface area contributed by atoms with E-state index in [9.17, 15) is 15.2 Å². The Bertz CT molecular complexity index is 687. The van der Waals surface area contributed by atoms with E-state index < -0.39 is 4.92 Å². The first kappa shape index (κ1) is 13.2. The van der Waals surface area contributed by atoms with Gasteiger partial charge in [-0.05, 0) is 18.2 Å². The summed E-state index contributed by atoms with van der Waals surface area (Å²) in [6, 6.07) is 11.7. The van der Waals surface area contributed by atoms with Crippen molar-refractivity contribution in [3.63, 3.8) is 0 Å². The minimum Gasteiger partial charge on any atom is -0.508 e. The number of benzene rings is 2. The van der Waals surface area contributed by atoms with Gasteiger partial charge in [-0.25, -0.2) is 0 Å². The number of aromatic hydroxyl groups is 1. The van der Waals surface area contributed by atoms with Gasteiger partial charge in [0.1, 0.15) is 17.2 Å². The Kier molecular flexibility index (Phi) is 3.35. The second-order valence-electron chi connectivity index (χ2n) is 4.83. The molecule has 2 aromatic rings. The number of nitro groups is 1. The Hall–Kier alpha value is -2.76. The van der Waals surface area contributed by atoms with Crippen LogP contribution in [0.15, 0.2) is 42.5 Å². The first-order chi connectivity index (χ1) is 10.1. The van der Waals surface area contributed by atoms with E-state index in [1.807, 2.05) is 24.3 Å². The number of para-hydroxylation sites is 1. The van der Waals surface area contributed by atoms with Gasteiger partial charge in [-0.1, -0.05) is 18.2 Å². The molecular weight excluding hydrogens is 272 g/mol. The lowest BCUT2D eigenvalue weighted by molar-refractivity contribution is -0.384. The highest BCUT2D eigenvalue weighted by atomic mass is 16.6. The lowest BCUT2D eigenvalue weighted by atomic mass is 10.00. The number of nitrogens with zero attached hydrogens (tertiary/aromatic N) is 1. The lowest BCUT2D eigenvalue weighted by Crippen LogP contribution is -2.20. The van der Waals surface area contributed by atoms with Crippen LogP contribution in [0.4, 0.5) is 11.4 Å². The summed E-state index contributed by atoms with van der Waals surface area (Å²) in [5, 5.41) is 23.7. The Morgan fingerprint density at radius 1 is 1.29 bits per heavy atom. The molecule has 1 atom stereocenters. The van der Waals surface area contributed by atoms with Gasteiger partial charge in [0.15, 0.2) is 0 Å². The number of nitrogens with one attached hydrogen (secondary N) is 1. The Morgan fingerprint density at radius 2 is 2.10 bits per heavy atom. The molecule has 0 aromatic heterocycles. The molecule has 1 aliphatic rings. The minimum absolute atomic E-state index is 0.0572. The molecule has 6 nitrogen and oxygen atoms in total. The lowest BCUT2D eigenvalue weighted by Gasteiger charge is -2.27. The molecule has 3 rings (SSSR count). The largest absolute Gasteiger partial charge is 0.508 e. The van der Waals surface area contributed by atoms with Gasteiger partial charge in [-0.2, -0.15) is 0 Å². The Morgan fingerprint density at radius 3 is 2.90 bits per heavy atom. The van der Waals surface area contributed by atoms with Crippen molar-refractivity contribution in [3.05, 3.63) is 58.1 Å². The van der Waals surface area contributed by atoms with Crippen LogP contribution in [0.1, 0.15) is 18.0 Å². The van der Waals surface area contributed by atoms with Gasteiger partial charge in [-0.3, -0.25) is 10.1 Å². The first-order valence-electron chi connectivity index (χ1n) is 6.61. The molecule has 2 aromatic carbocycles. The molecule has 2 N–H and O–H groups in total. The molecule has 108 valence electrons. The van der Waals surface area contributed by atoms with E-state index in [4.69, 9.17) is 4.74 Å². The third kappa shape index (κ3) is 2.60. The highest BCUT2D eigenvalue weighted by molar-refractivity contribution is 5.65. The second-order valence-corrected chi connectivity index (χ2v) is 4.83. The summed E-state index contributed by atoms with van der Waals surface area (Å²) in [5.41, 5.74) is 1.23. The first-order valence-corrected chi connectivity index (χ1v) is 6.61. The number of phenols is 1. The average Bonchev–Trinajstić information content (AvgIpc) is 2.49.